The van der Waals surface area contributed by atoms with Gasteiger partial charge in [0.05, 0.1) is 16.5 Å². The van der Waals surface area contributed by atoms with E-state index in [9.17, 15) is 21.6 Å². The van der Waals surface area contributed by atoms with Crippen LogP contribution in [0.25, 0.3) is 0 Å². The summed E-state index contributed by atoms with van der Waals surface area (Å²) in [5.74, 6) is 0. The summed E-state index contributed by atoms with van der Waals surface area (Å²) in [7, 11) is -4.32. The van der Waals surface area contributed by atoms with Gasteiger partial charge in [0.25, 0.3) is 0 Å². The van der Waals surface area contributed by atoms with Gasteiger partial charge in [-0.25, -0.2) is 8.42 Å². The Morgan fingerprint density at radius 1 is 1.21 bits per heavy atom. The molecule has 9 heteroatoms. The standard InChI is InChI=1S/C15H14ClF3N2O2S/c1-10-13-3-2-6-20(13)7-8-21(10)24(22,23)14-5-4-11(16)9-12(14)15(17,18)19/h2-6,9-10H,7-8H2,1H3. The summed E-state index contributed by atoms with van der Waals surface area (Å²) in [5, 5.41) is -0.165. The van der Waals surface area contributed by atoms with E-state index in [4.69, 9.17) is 11.6 Å². The number of aromatic nitrogens is 1. The van der Waals surface area contributed by atoms with Crippen LogP contribution in [0.4, 0.5) is 13.2 Å². The van der Waals surface area contributed by atoms with Crippen molar-refractivity contribution in [1.82, 2.24) is 8.87 Å². The molecule has 2 heterocycles. The van der Waals surface area contributed by atoms with Gasteiger partial charge in [0.1, 0.15) is 0 Å². The SMILES string of the molecule is CC1c2cccn2CCN1S(=O)(=O)c1ccc(Cl)cc1C(F)(F)F. The van der Waals surface area contributed by atoms with Crippen molar-refractivity contribution >= 4 is 21.6 Å². The van der Waals surface area contributed by atoms with Crippen LogP contribution in [0.5, 0.6) is 0 Å². The second-order valence-electron chi connectivity index (χ2n) is 5.56. The lowest BCUT2D eigenvalue weighted by molar-refractivity contribution is -0.139. The molecule has 1 aromatic heterocycles. The molecule has 1 aliphatic rings. The van der Waals surface area contributed by atoms with Crippen LogP contribution in [0, 0.1) is 0 Å². The normalized spacial score (nSPS) is 19.3. The summed E-state index contributed by atoms with van der Waals surface area (Å²) in [6.45, 7) is 2.15. The van der Waals surface area contributed by atoms with Crippen LogP contribution in [-0.2, 0) is 22.7 Å². The fourth-order valence-corrected chi connectivity index (χ4v) is 4.92. The summed E-state index contributed by atoms with van der Waals surface area (Å²) < 4.78 is 68.6. The predicted octanol–water partition coefficient (Wildman–Crippen LogP) is 3.93. The van der Waals surface area contributed by atoms with Crippen molar-refractivity contribution in [2.45, 2.75) is 30.6 Å². The van der Waals surface area contributed by atoms with Gasteiger partial charge in [-0.15, -0.1) is 0 Å². The molecule has 24 heavy (non-hydrogen) atoms. The first-order chi connectivity index (χ1) is 11.1. The van der Waals surface area contributed by atoms with Crippen molar-refractivity contribution in [3.63, 3.8) is 0 Å². The number of hydrogen-bond donors (Lipinski definition) is 0. The quantitative estimate of drug-likeness (QED) is 0.794. The number of sulfonamides is 1. The maximum atomic E-state index is 13.3. The minimum Gasteiger partial charge on any atom is -0.349 e. The van der Waals surface area contributed by atoms with Gasteiger partial charge in [-0.1, -0.05) is 11.6 Å². The zero-order valence-corrected chi connectivity index (χ0v) is 14.2. The summed E-state index contributed by atoms with van der Waals surface area (Å²) >= 11 is 5.63. The maximum Gasteiger partial charge on any atom is 0.417 e. The van der Waals surface area contributed by atoms with Crippen LogP contribution >= 0.6 is 11.6 Å². The van der Waals surface area contributed by atoms with E-state index in [1.54, 1.807) is 19.1 Å². The second kappa shape index (κ2) is 5.79. The van der Waals surface area contributed by atoms with Crippen molar-refractivity contribution in [2.75, 3.05) is 6.54 Å². The highest BCUT2D eigenvalue weighted by Gasteiger charge is 2.41. The Kier molecular flexibility index (Phi) is 4.17. The Bertz CT molecular complexity index is 877. The van der Waals surface area contributed by atoms with Crippen LogP contribution in [0.3, 0.4) is 0 Å². The molecule has 0 radical (unpaired) electrons. The molecule has 3 rings (SSSR count). The van der Waals surface area contributed by atoms with Crippen molar-refractivity contribution in [3.05, 3.63) is 52.8 Å². The van der Waals surface area contributed by atoms with Gasteiger partial charge in [0.15, 0.2) is 0 Å². The van der Waals surface area contributed by atoms with E-state index in [1.807, 2.05) is 10.8 Å². The lowest BCUT2D eigenvalue weighted by atomic mass is 10.2. The van der Waals surface area contributed by atoms with E-state index in [1.165, 1.54) is 0 Å². The molecule has 1 atom stereocenters. The molecule has 2 aromatic rings. The van der Waals surface area contributed by atoms with Crippen LogP contribution in [-0.4, -0.2) is 23.8 Å². The average Bonchev–Trinajstić information content (AvgIpc) is 2.95. The third kappa shape index (κ3) is 2.82. The van der Waals surface area contributed by atoms with Crippen molar-refractivity contribution in [1.29, 1.82) is 0 Å². The largest absolute Gasteiger partial charge is 0.417 e. The lowest BCUT2D eigenvalue weighted by Crippen LogP contribution is -2.41. The summed E-state index contributed by atoms with van der Waals surface area (Å²) in [6.07, 6.45) is -2.99. The smallest absolute Gasteiger partial charge is 0.349 e. The molecular formula is C15H14ClF3N2O2S. The third-order valence-corrected chi connectivity index (χ3v) is 6.38. The second-order valence-corrected chi connectivity index (χ2v) is 7.85. The van der Waals surface area contributed by atoms with Gasteiger partial charge < -0.3 is 4.57 Å². The molecule has 0 bridgehead atoms. The predicted molar refractivity (Wildman–Crippen MR) is 83.2 cm³/mol. The van der Waals surface area contributed by atoms with Crippen LogP contribution in [0.15, 0.2) is 41.4 Å². The van der Waals surface area contributed by atoms with E-state index in [0.29, 0.717) is 12.6 Å². The van der Waals surface area contributed by atoms with Crippen molar-refractivity contribution < 1.29 is 21.6 Å². The zero-order chi connectivity index (χ0) is 17.7. The fourth-order valence-electron chi connectivity index (χ4n) is 2.96. The molecule has 0 spiro atoms. The monoisotopic (exact) mass is 378 g/mol. The Morgan fingerprint density at radius 2 is 1.92 bits per heavy atom. The number of halogens is 4. The summed E-state index contributed by atoms with van der Waals surface area (Å²) in [4.78, 5) is -0.772. The minimum absolute atomic E-state index is 0.102. The molecule has 1 aliphatic heterocycles. The van der Waals surface area contributed by atoms with Crippen LogP contribution < -0.4 is 0 Å². The molecule has 0 aliphatic carbocycles. The number of fused-ring (bicyclic) bond motifs is 1. The number of rotatable bonds is 2. The van der Waals surface area contributed by atoms with Gasteiger partial charge in [-0.05, 0) is 37.3 Å². The Morgan fingerprint density at radius 3 is 2.58 bits per heavy atom. The molecule has 0 fully saturated rings. The van der Waals surface area contributed by atoms with E-state index in [-0.39, 0.29) is 11.6 Å². The first kappa shape index (κ1) is 17.3. The Balaban J connectivity index is 2.10. The maximum absolute atomic E-state index is 13.3. The van der Waals surface area contributed by atoms with E-state index < -0.39 is 32.7 Å². The van der Waals surface area contributed by atoms with E-state index in [0.717, 1.165) is 22.1 Å². The first-order valence-corrected chi connectivity index (χ1v) is 8.98. The van der Waals surface area contributed by atoms with E-state index >= 15 is 0 Å². The average molecular weight is 379 g/mol. The van der Waals surface area contributed by atoms with Crippen LogP contribution in [0.1, 0.15) is 24.2 Å². The molecule has 0 saturated carbocycles. The molecular weight excluding hydrogens is 365 g/mol. The molecule has 4 nitrogen and oxygen atoms in total. The molecule has 0 N–H and O–H groups in total. The Hall–Kier alpha value is -1.51. The summed E-state index contributed by atoms with van der Waals surface area (Å²) in [5.41, 5.74) is -0.504. The topological polar surface area (TPSA) is 42.3 Å². The van der Waals surface area contributed by atoms with E-state index in [2.05, 4.69) is 0 Å². The minimum atomic E-state index is -4.81. The number of hydrogen-bond acceptors (Lipinski definition) is 2. The number of alkyl halides is 3. The molecule has 130 valence electrons. The first-order valence-electron chi connectivity index (χ1n) is 7.16. The molecule has 1 unspecified atom stereocenters. The van der Waals surface area contributed by atoms with Gasteiger partial charge in [0.2, 0.25) is 10.0 Å². The highest BCUT2D eigenvalue weighted by Crippen LogP contribution is 2.39. The van der Waals surface area contributed by atoms with Gasteiger partial charge in [0, 0.05) is 30.0 Å². The number of benzene rings is 1. The van der Waals surface area contributed by atoms with Crippen molar-refractivity contribution in [2.24, 2.45) is 0 Å². The Labute approximate surface area is 142 Å². The van der Waals surface area contributed by atoms with Crippen LogP contribution in [0.2, 0.25) is 5.02 Å². The highest BCUT2D eigenvalue weighted by molar-refractivity contribution is 7.89. The van der Waals surface area contributed by atoms with Gasteiger partial charge >= 0.3 is 6.18 Å². The highest BCUT2D eigenvalue weighted by atomic mass is 35.5. The molecule has 1 aromatic carbocycles. The lowest BCUT2D eigenvalue weighted by Gasteiger charge is -2.34. The summed E-state index contributed by atoms with van der Waals surface area (Å²) in [6, 6.07) is 5.70. The number of nitrogens with zero attached hydrogens (tertiary/aromatic N) is 2. The zero-order valence-electron chi connectivity index (χ0n) is 12.6. The third-order valence-electron chi connectivity index (χ3n) is 4.12. The fraction of sp³-hybridized carbons (Fsp3) is 0.333. The molecule has 0 amide bonds. The molecule has 0 saturated heterocycles. The van der Waals surface area contributed by atoms with Crippen molar-refractivity contribution in [3.8, 4) is 0 Å². The van der Waals surface area contributed by atoms with Gasteiger partial charge in [-0.3, -0.25) is 0 Å². The van der Waals surface area contributed by atoms with Gasteiger partial charge in [-0.2, -0.15) is 17.5 Å².